The van der Waals surface area contributed by atoms with Crippen LogP contribution >= 0.6 is 0 Å². The van der Waals surface area contributed by atoms with E-state index in [0.29, 0.717) is 16.9 Å². The Balaban J connectivity index is 1.77. The zero-order valence-electron chi connectivity index (χ0n) is 19.2. The van der Waals surface area contributed by atoms with E-state index in [4.69, 9.17) is 9.84 Å². The van der Waals surface area contributed by atoms with Crippen LogP contribution in [0.5, 0.6) is 5.75 Å². The molecule has 34 heavy (non-hydrogen) atoms. The Morgan fingerprint density at radius 2 is 1.68 bits per heavy atom. The number of carbonyl (C=O) groups is 1. The van der Waals surface area contributed by atoms with Crippen molar-refractivity contribution >= 4 is 17.7 Å². The number of rotatable bonds is 6. The fourth-order valence-corrected chi connectivity index (χ4v) is 3.68. The number of amides is 1. The fraction of sp³-hybridized carbons (Fsp3) is 0.107. The molecule has 1 heterocycles. The zero-order valence-corrected chi connectivity index (χ0v) is 19.2. The number of nitrogens with zero attached hydrogens (tertiary/aromatic N) is 3. The minimum Gasteiger partial charge on any atom is -0.497 e. The number of anilines is 1. The molecule has 0 spiro atoms. The van der Waals surface area contributed by atoms with Crippen molar-refractivity contribution in [1.82, 2.24) is 9.78 Å². The van der Waals surface area contributed by atoms with E-state index in [9.17, 15) is 10.1 Å². The highest BCUT2D eigenvalue weighted by Crippen LogP contribution is 2.28. The van der Waals surface area contributed by atoms with Gasteiger partial charge in [-0.25, -0.2) is 4.68 Å². The Morgan fingerprint density at radius 1 is 1.00 bits per heavy atom. The van der Waals surface area contributed by atoms with Crippen LogP contribution in [0.25, 0.3) is 23.0 Å². The molecule has 0 fully saturated rings. The predicted octanol–water partition coefficient (Wildman–Crippen LogP) is 5.71. The fourth-order valence-electron chi connectivity index (χ4n) is 3.68. The van der Waals surface area contributed by atoms with E-state index in [1.807, 2.05) is 98.9 Å². The topological polar surface area (TPSA) is 79.9 Å². The molecule has 6 nitrogen and oxygen atoms in total. The van der Waals surface area contributed by atoms with Gasteiger partial charge in [-0.1, -0.05) is 36.4 Å². The Hall–Kier alpha value is -4.63. The van der Waals surface area contributed by atoms with E-state index < -0.39 is 5.91 Å². The first-order chi connectivity index (χ1) is 16.5. The minimum absolute atomic E-state index is 0.00923. The molecular weight excluding hydrogens is 424 g/mol. The molecule has 0 unspecified atom stereocenters. The second kappa shape index (κ2) is 9.88. The molecule has 0 aliphatic heterocycles. The Bertz CT molecular complexity index is 1370. The highest BCUT2D eigenvalue weighted by atomic mass is 16.5. The monoisotopic (exact) mass is 448 g/mol. The molecule has 4 rings (SSSR count). The van der Waals surface area contributed by atoms with E-state index in [-0.39, 0.29) is 5.57 Å². The predicted molar refractivity (Wildman–Crippen MR) is 134 cm³/mol. The third kappa shape index (κ3) is 4.74. The van der Waals surface area contributed by atoms with Gasteiger partial charge in [0.2, 0.25) is 0 Å². The summed E-state index contributed by atoms with van der Waals surface area (Å²) in [6.45, 7) is 3.84. The first-order valence-corrected chi connectivity index (χ1v) is 10.8. The van der Waals surface area contributed by atoms with Gasteiger partial charge in [-0.15, -0.1) is 0 Å². The van der Waals surface area contributed by atoms with Crippen LogP contribution in [0.2, 0.25) is 0 Å². The van der Waals surface area contributed by atoms with Crippen molar-refractivity contribution in [3.63, 3.8) is 0 Å². The van der Waals surface area contributed by atoms with Crippen LogP contribution in [0.3, 0.4) is 0 Å². The number of hydrogen-bond acceptors (Lipinski definition) is 4. The summed E-state index contributed by atoms with van der Waals surface area (Å²) >= 11 is 0. The number of nitriles is 1. The summed E-state index contributed by atoms with van der Waals surface area (Å²) in [5.74, 6) is 0.266. The summed E-state index contributed by atoms with van der Waals surface area (Å²) in [5, 5.41) is 17.4. The zero-order chi connectivity index (χ0) is 24.1. The molecule has 0 saturated carbocycles. The van der Waals surface area contributed by atoms with Gasteiger partial charge < -0.3 is 10.1 Å². The molecule has 6 heteroatoms. The molecular formula is C28H24N4O2. The Kier molecular flexibility index (Phi) is 6.56. The minimum atomic E-state index is -0.465. The van der Waals surface area contributed by atoms with Crippen molar-refractivity contribution in [1.29, 1.82) is 5.26 Å². The number of methoxy groups -OCH3 is 1. The molecule has 0 aliphatic carbocycles. The summed E-state index contributed by atoms with van der Waals surface area (Å²) in [5.41, 5.74) is 5.59. The standard InChI is InChI=1S/C28H24N4O2/c1-19-8-7-9-20(2)26(19)30-28(33)22(17-29)16-23-18-32(24-10-5-4-6-11-24)31-27(23)21-12-14-25(34-3)15-13-21/h4-16,18H,1-3H3,(H,30,33)/b22-16-. The third-order valence-electron chi connectivity index (χ3n) is 5.51. The van der Waals surface area contributed by atoms with Crippen molar-refractivity contribution in [2.45, 2.75) is 13.8 Å². The lowest BCUT2D eigenvalue weighted by atomic mass is 10.0. The average Bonchev–Trinajstić information content (AvgIpc) is 3.29. The smallest absolute Gasteiger partial charge is 0.266 e. The second-order valence-corrected chi connectivity index (χ2v) is 7.83. The van der Waals surface area contributed by atoms with Gasteiger partial charge in [0.05, 0.1) is 18.5 Å². The summed E-state index contributed by atoms with van der Waals surface area (Å²) in [7, 11) is 1.61. The first-order valence-electron chi connectivity index (χ1n) is 10.8. The van der Waals surface area contributed by atoms with E-state index in [2.05, 4.69) is 5.32 Å². The van der Waals surface area contributed by atoms with Crippen molar-refractivity contribution < 1.29 is 9.53 Å². The van der Waals surface area contributed by atoms with Crippen LogP contribution in [0.4, 0.5) is 5.69 Å². The molecule has 1 amide bonds. The van der Waals surface area contributed by atoms with Crippen LogP contribution in [0.1, 0.15) is 16.7 Å². The quantitative estimate of drug-likeness (QED) is 0.303. The van der Waals surface area contributed by atoms with Gasteiger partial charge in [-0.05, 0) is 67.4 Å². The summed E-state index contributed by atoms with van der Waals surface area (Å²) in [6.07, 6.45) is 3.40. The van der Waals surface area contributed by atoms with Gasteiger partial charge in [0.15, 0.2) is 0 Å². The maximum atomic E-state index is 13.0. The molecule has 1 aromatic heterocycles. The van der Waals surface area contributed by atoms with Crippen LogP contribution in [0, 0.1) is 25.2 Å². The Labute approximate surface area is 198 Å². The highest BCUT2D eigenvalue weighted by Gasteiger charge is 2.16. The summed E-state index contributed by atoms with van der Waals surface area (Å²) in [6, 6.07) is 25.0. The lowest BCUT2D eigenvalue weighted by Crippen LogP contribution is -2.15. The molecule has 4 aromatic rings. The molecule has 168 valence electrons. The average molecular weight is 449 g/mol. The lowest BCUT2D eigenvalue weighted by molar-refractivity contribution is -0.112. The Morgan fingerprint density at radius 3 is 2.29 bits per heavy atom. The largest absolute Gasteiger partial charge is 0.497 e. The maximum Gasteiger partial charge on any atom is 0.266 e. The third-order valence-corrected chi connectivity index (χ3v) is 5.51. The molecule has 0 bridgehead atoms. The van der Waals surface area contributed by atoms with Gasteiger partial charge >= 0.3 is 0 Å². The molecule has 0 radical (unpaired) electrons. The van der Waals surface area contributed by atoms with Crippen LogP contribution in [-0.2, 0) is 4.79 Å². The molecule has 0 saturated heterocycles. The van der Waals surface area contributed by atoms with Crippen molar-refractivity contribution in [2.75, 3.05) is 12.4 Å². The number of carbonyl (C=O) groups excluding carboxylic acids is 1. The first kappa shape index (κ1) is 22.6. The van der Waals surface area contributed by atoms with Gasteiger partial charge in [0.25, 0.3) is 5.91 Å². The van der Waals surface area contributed by atoms with Crippen molar-refractivity contribution in [3.8, 4) is 28.8 Å². The van der Waals surface area contributed by atoms with E-state index in [0.717, 1.165) is 28.1 Å². The molecule has 1 N–H and O–H groups in total. The number of nitrogens with one attached hydrogen (secondary N) is 1. The number of ether oxygens (including phenoxy) is 1. The van der Waals surface area contributed by atoms with Crippen LogP contribution in [0.15, 0.2) is 84.6 Å². The lowest BCUT2D eigenvalue weighted by Gasteiger charge is -2.10. The van der Waals surface area contributed by atoms with Gasteiger partial charge in [0.1, 0.15) is 17.4 Å². The van der Waals surface area contributed by atoms with E-state index >= 15 is 0 Å². The highest BCUT2D eigenvalue weighted by molar-refractivity contribution is 6.10. The van der Waals surface area contributed by atoms with Crippen molar-refractivity contribution in [2.24, 2.45) is 0 Å². The normalized spacial score (nSPS) is 11.1. The SMILES string of the molecule is COc1ccc(-c2nn(-c3ccccc3)cc2/C=C(/C#N)C(=O)Nc2c(C)cccc2C)cc1. The summed E-state index contributed by atoms with van der Waals surface area (Å²) < 4.78 is 7.01. The van der Waals surface area contributed by atoms with E-state index in [1.54, 1.807) is 17.9 Å². The van der Waals surface area contributed by atoms with Gasteiger partial charge in [0, 0.05) is 23.0 Å². The second-order valence-electron chi connectivity index (χ2n) is 7.83. The number of aryl methyl sites for hydroxylation is 2. The van der Waals surface area contributed by atoms with Crippen LogP contribution in [-0.4, -0.2) is 22.8 Å². The number of hydrogen-bond donors (Lipinski definition) is 1. The van der Waals surface area contributed by atoms with Crippen molar-refractivity contribution in [3.05, 3.63) is 101 Å². The maximum absolute atomic E-state index is 13.0. The van der Waals surface area contributed by atoms with Crippen LogP contribution < -0.4 is 10.1 Å². The van der Waals surface area contributed by atoms with E-state index in [1.165, 1.54) is 0 Å². The number of para-hydroxylation sites is 2. The number of aromatic nitrogens is 2. The molecule has 0 atom stereocenters. The van der Waals surface area contributed by atoms with Gasteiger partial charge in [-0.2, -0.15) is 10.4 Å². The summed E-state index contributed by atoms with van der Waals surface area (Å²) in [4.78, 5) is 13.0. The molecule has 0 aliphatic rings. The van der Waals surface area contributed by atoms with Gasteiger partial charge in [-0.3, -0.25) is 4.79 Å². The number of benzene rings is 3. The molecule has 3 aromatic carbocycles.